The van der Waals surface area contributed by atoms with Gasteiger partial charge in [0, 0.05) is 50.8 Å². The van der Waals surface area contributed by atoms with Crippen LogP contribution >= 0.6 is 0 Å². The Balaban J connectivity index is 1.40. The Morgan fingerprint density at radius 2 is 2.11 bits per heavy atom. The molecule has 1 aliphatic rings. The van der Waals surface area contributed by atoms with Gasteiger partial charge in [0.05, 0.1) is 29.0 Å². The van der Waals surface area contributed by atoms with Crippen LogP contribution in [0.15, 0.2) is 35.6 Å². The van der Waals surface area contributed by atoms with E-state index in [0.717, 1.165) is 54.3 Å². The molecule has 1 aliphatic heterocycles. The van der Waals surface area contributed by atoms with Gasteiger partial charge in [0.15, 0.2) is 0 Å². The van der Waals surface area contributed by atoms with Gasteiger partial charge in [-0.05, 0) is 32.6 Å². The molecule has 0 spiro atoms. The van der Waals surface area contributed by atoms with Crippen LogP contribution in [0.1, 0.15) is 30.0 Å². The lowest BCUT2D eigenvalue weighted by Crippen LogP contribution is -2.29. The van der Waals surface area contributed by atoms with Crippen molar-refractivity contribution >= 4 is 5.91 Å². The van der Waals surface area contributed by atoms with Crippen LogP contribution in [0.3, 0.4) is 0 Å². The van der Waals surface area contributed by atoms with Crippen molar-refractivity contribution < 1.29 is 9.32 Å². The number of aryl methyl sites for hydroxylation is 3. The van der Waals surface area contributed by atoms with Gasteiger partial charge < -0.3 is 14.0 Å². The molecule has 1 fully saturated rings. The zero-order valence-corrected chi connectivity index (χ0v) is 16.2. The predicted octanol–water partition coefficient (Wildman–Crippen LogP) is 2.43. The topological polar surface area (TPSA) is 89.9 Å². The third-order valence-electron chi connectivity index (χ3n) is 5.31. The molecule has 0 saturated carbocycles. The molecule has 8 nitrogen and oxygen atoms in total. The highest BCUT2D eigenvalue weighted by Crippen LogP contribution is 2.30. The number of nitrogens with zero attached hydrogens (tertiary/aromatic N) is 6. The third-order valence-corrected chi connectivity index (χ3v) is 5.31. The predicted molar refractivity (Wildman–Crippen MR) is 102 cm³/mol. The van der Waals surface area contributed by atoms with E-state index in [0.29, 0.717) is 18.9 Å². The molecule has 4 heterocycles. The molecule has 3 aromatic rings. The molecule has 0 radical (unpaired) electrons. The molecule has 1 unspecified atom stereocenters. The maximum atomic E-state index is 12.5. The van der Waals surface area contributed by atoms with Crippen LogP contribution in [0.2, 0.25) is 0 Å². The number of rotatable bonds is 6. The summed E-state index contributed by atoms with van der Waals surface area (Å²) in [5.41, 5.74) is 3.52. The lowest BCUT2D eigenvalue weighted by Gasteiger charge is -2.17. The van der Waals surface area contributed by atoms with Crippen molar-refractivity contribution in [3.63, 3.8) is 0 Å². The summed E-state index contributed by atoms with van der Waals surface area (Å²) in [4.78, 5) is 27.6. The van der Waals surface area contributed by atoms with E-state index in [1.807, 2.05) is 29.5 Å². The van der Waals surface area contributed by atoms with Gasteiger partial charge in [-0.15, -0.1) is 0 Å². The Morgan fingerprint density at radius 1 is 1.25 bits per heavy atom. The smallest absolute Gasteiger partial charge is 0.224 e. The summed E-state index contributed by atoms with van der Waals surface area (Å²) < 4.78 is 7.24. The number of likely N-dealkylation sites (tertiary alicyclic amines) is 1. The number of imidazole rings is 1. The molecule has 3 aromatic heterocycles. The number of carbonyl (C=O) groups is 1. The quantitative estimate of drug-likeness (QED) is 0.652. The van der Waals surface area contributed by atoms with Crippen LogP contribution < -0.4 is 0 Å². The summed E-state index contributed by atoms with van der Waals surface area (Å²) in [6, 6.07) is 0. The number of aromatic nitrogens is 5. The minimum absolute atomic E-state index is 0.196. The van der Waals surface area contributed by atoms with Crippen molar-refractivity contribution in [2.24, 2.45) is 5.92 Å². The normalized spacial score (nSPS) is 16.6. The van der Waals surface area contributed by atoms with Crippen molar-refractivity contribution in [3.8, 4) is 11.3 Å². The zero-order valence-electron chi connectivity index (χ0n) is 16.2. The Labute approximate surface area is 163 Å². The average Bonchev–Trinajstić information content (AvgIpc) is 3.43. The van der Waals surface area contributed by atoms with Crippen molar-refractivity contribution in [3.05, 3.63) is 48.3 Å². The molecule has 8 heteroatoms. The number of hydrogen-bond acceptors (Lipinski definition) is 6. The molecule has 146 valence electrons. The van der Waals surface area contributed by atoms with Crippen LogP contribution in [-0.4, -0.2) is 48.6 Å². The zero-order chi connectivity index (χ0) is 19.5. The Bertz CT molecular complexity index is 930. The summed E-state index contributed by atoms with van der Waals surface area (Å²) in [6.45, 7) is 6.04. The van der Waals surface area contributed by atoms with E-state index in [-0.39, 0.29) is 5.91 Å². The Kier molecular flexibility index (Phi) is 5.18. The van der Waals surface area contributed by atoms with Gasteiger partial charge in [-0.2, -0.15) is 0 Å². The van der Waals surface area contributed by atoms with E-state index in [9.17, 15) is 4.79 Å². The second-order valence-corrected chi connectivity index (χ2v) is 7.30. The van der Waals surface area contributed by atoms with Crippen LogP contribution in [-0.2, 0) is 17.8 Å². The molecule has 0 bridgehead atoms. The lowest BCUT2D eigenvalue weighted by molar-refractivity contribution is -0.130. The van der Waals surface area contributed by atoms with Crippen molar-refractivity contribution in [2.75, 3.05) is 13.1 Å². The first-order valence-corrected chi connectivity index (χ1v) is 9.58. The first kappa shape index (κ1) is 18.3. The first-order valence-electron chi connectivity index (χ1n) is 9.58. The fraction of sp³-hybridized carbons (Fsp3) is 0.450. The molecule has 4 rings (SSSR count). The van der Waals surface area contributed by atoms with Gasteiger partial charge in [0.1, 0.15) is 5.76 Å². The highest BCUT2D eigenvalue weighted by Gasteiger charge is 2.28. The first-order chi connectivity index (χ1) is 13.6. The SMILES string of the molecule is Cc1noc(C)c1-c1nccnc1CC1CCN(C(=O)CCn2ccnc2)C1. The average molecular weight is 380 g/mol. The summed E-state index contributed by atoms with van der Waals surface area (Å²) in [6.07, 6.45) is 11.0. The standard InChI is InChI=1S/C20H24N6O2/c1-14-19(15(2)28-24-14)20-17(22-5-6-23-20)11-16-3-9-26(12-16)18(27)4-8-25-10-7-21-13-25/h5-7,10,13,16H,3-4,8-9,11-12H2,1-2H3. The number of amides is 1. The Morgan fingerprint density at radius 3 is 2.86 bits per heavy atom. The second kappa shape index (κ2) is 7.92. The third kappa shape index (κ3) is 3.81. The Hall–Kier alpha value is -3.03. The van der Waals surface area contributed by atoms with E-state index in [4.69, 9.17) is 4.52 Å². The minimum atomic E-state index is 0.196. The highest BCUT2D eigenvalue weighted by molar-refractivity contribution is 5.76. The molecule has 1 amide bonds. The van der Waals surface area contributed by atoms with E-state index in [1.165, 1.54) is 0 Å². The van der Waals surface area contributed by atoms with Gasteiger partial charge in [-0.1, -0.05) is 5.16 Å². The summed E-state index contributed by atoms with van der Waals surface area (Å²) >= 11 is 0. The van der Waals surface area contributed by atoms with Crippen LogP contribution in [0.4, 0.5) is 0 Å². The van der Waals surface area contributed by atoms with Crippen molar-refractivity contribution in [2.45, 2.75) is 39.7 Å². The highest BCUT2D eigenvalue weighted by atomic mass is 16.5. The fourth-order valence-corrected chi connectivity index (χ4v) is 3.85. The van der Waals surface area contributed by atoms with E-state index in [1.54, 1.807) is 24.9 Å². The van der Waals surface area contributed by atoms with Gasteiger partial charge in [0.2, 0.25) is 5.91 Å². The maximum Gasteiger partial charge on any atom is 0.224 e. The maximum absolute atomic E-state index is 12.5. The second-order valence-electron chi connectivity index (χ2n) is 7.30. The van der Waals surface area contributed by atoms with E-state index >= 15 is 0 Å². The molecule has 28 heavy (non-hydrogen) atoms. The lowest BCUT2D eigenvalue weighted by atomic mass is 9.98. The summed E-state index contributed by atoms with van der Waals surface area (Å²) in [5, 5.41) is 4.04. The van der Waals surface area contributed by atoms with Crippen molar-refractivity contribution in [1.82, 2.24) is 29.6 Å². The van der Waals surface area contributed by atoms with Crippen molar-refractivity contribution in [1.29, 1.82) is 0 Å². The molecule has 0 N–H and O–H groups in total. The van der Waals surface area contributed by atoms with Gasteiger partial charge in [-0.3, -0.25) is 14.8 Å². The van der Waals surface area contributed by atoms with E-state index in [2.05, 4.69) is 20.1 Å². The largest absolute Gasteiger partial charge is 0.361 e. The van der Waals surface area contributed by atoms with Crippen LogP contribution in [0, 0.1) is 19.8 Å². The molecule has 1 saturated heterocycles. The minimum Gasteiger partial charge on any atom is -0.361 e. The molecule has 1 atom stereocenters. The molecular weight excluding hydrogens is 356 g/mol. The van der Waals surface area contributed by atoms with Crippen LogP contribution in [0.5, 0.6) is 0 Å². The number of hydrogen-bond donors (Lipinski definition) is 0. The van der Waals surface area contributed by atoms with Gasteiger partial charge >= 0.3 is 0 Å². The summed E-state index contributed by atoms with van der Waals surface area (Å²) in [5.74, 6) is 1.33. The fourth-order valence-electron chi connectivity index (χ4n) is 3.85. The monoisotopic (exact) mass is 380 g/mol. The van der Waals surface area contributed by atoms with E-state index < -0.39 is 0 Å². The number of carbonyl (C=O) groups excluding carboxylic acids is 1. The van der Waals surface area contributed by atoms with Gasteiger partial charge in [-0.25, -0.2) is 4.98 Å². The van der Waals surface area contributed by atoms with Crippen LogP contribution in [0.25, 0.3) is 11.3 Å². The van der Waals surface area contributed by atoms with Gasteiger partial charge in [0.25, 0.3) is 0 Å². The summed E-state index contributed by atoms with van der Waals surface area (Å²) in [7, 11) is 0. The molecule has 0 aromatic carbocycles. The molecular formula is C20H24N6O2. The molecule has 0 aliphatic carbocycles.